The van der Waals surface area contributed by atoms with Crippen LogP contribution in [0.1, 0.15) is 16.1 Å². The zero-order chi connectivity index (χ0) is 13.3. The van der Waals surface area contributed by atoms with Crippen molar-refractivity contribution in [3.8, 4) is 0 Å². The molecule has 2 rings (SSSR count). The van der Waals surface area contributed by atoms with Gasteiger partial charge in [0.15, 0.2) is 5.82 Å². The van der Waals surface area contributed by atoms with Gasteiger partial charge in [-0.2, -0.15) is 5.10 Å². The molecule has 1 aromatic carbocycles. The van der Waals surface area contributed by atoms with E-state index < -0.39 is 0 Å². The van der Waals surface area contributed by atoms with Crippen LogP contribution in [0.2, 0.25) is 0 Å². The van der Waals surface area contributed by atoms with E-state index in [0.29, 0.717) is 17.1 Å². The molecule has 0 saturated carbocycles. The number of nitrogens with zero attached hydrogens (tertiary/aromatic N) is 1. The number of hydrogen-bond donors (Lipinski definition) is 3. The molecule has 5 nitrogen and oxygen atoms in total. The standard InChI is InChI=1S/C11H10BrIN4O/c1-5-9(14)10(17-16-5)15-11(18)7-4-6(13)2-3-8(7)12/h2-4H,14H2,1H3,(H2,15,16,17,18). The molecule has 0 radical (unpaired) electrons. The molecule has 4 N–H and O–H groups in total. The molecule has 0 unspecified atom stereocenters. The lowest BCUT2D eigenvalue weighted by Crippen LogP contribution is -2.14. The Bertz CT molecular complexity index is 611. The number of aromatic amines is 1. The third kappa shape index (κ3) is 2.66. The number of nitrogens with two attached hydrogens (primary N) is 1. The van der Waals surface area contributed by atoms with Gasteiger partial charge in [-0.3, -0.25) is 9.89 Å². The van der Waals surface area contributed by atoms with E-state index in [1.54, 1.807) is 13.0 Å². The maximum absolute atomic E-state index is 12.1. The van der Waals surface area contributed by atoms with Gasteiger partial charge in [0.05, 0.1) is 16.9 Å². The second-order valence-corrected chi connectivity index (χ2v) is 5.79. The number of anilines is 2. The predicted molar refractivity (Wildman–Crippen MR) is 82.5 cm³/mol. The molecule has 2 aromatic rings. The van der Waals surface area contributed by atoms with Crippen molar-refractivity contribution in [2.75, 3.05) is 11.1 Å². The Morgan fingerprint density at radius 2 is 2.28 bits per heavy atom. The van der Waals surface area contributed by atoms with Crippen LogP contribution in [0.4, 0.5) is 11.5 Å². The molecule has 0 aliphatic heterocycles. The minimum atomic E-state index is -0.251. The van der Waals surface area contributed by atoms with E-state index in [0.717, 1.165) is 13.7 Å². The van der Waals surface area contributed by atoms with Gasteiger partial charge in [0.25, 0.3) is 5.91 Å². The highest BCUT2D eigenvalue weighted by atomic mass is 127. The second kappa shape index (κ2) is 5.27. The number of nitrogen functional groups attached to an aromatic ring is 1. The number of H-pyrrole nitrogens is 1. The number of benzene rings is 1. The summed E-state index contributed by atoms with van der Waals surface area (Å²) in [6.45, 7) is 1.79. The minimum absolute atomic E-state index is 0.251. The first-order chi connectivity index (χ1) is 8.49. The summed E-state index contributed by atoms with van der Waals surface area (Å²) >= 11 is 5.49. The lowest BCUT2D eigenvalue weighted by molar-refractivity contribution is 0.102. The Morgan fingerprint density at radius 3 is 2.89 bits per heavy atom. The Balaban J connectivity index is 2.27. The highest BCUT2D eigenvalue weighted by Crippen LogP contribution is 2.23. The summed E-state index contributed by atoms with van der Waals surface area (Å²) in [6, 6.07) is 5.53. The molecule has 18 heavy (non-hydrogen) atoms. The Labute approximate surface area is 126 Å². The summed E-state index contributed by atoms with van der Waals surface area (Å²) in [6.07, 6.45) is 0. The summed E-state index contributed by atoms with van der Waals surface area (Å²) in [5.41, 5.74) is 7.50. The number of hydrogen-bond acceptors (Lipinski definition) is 3. The van der Waals surface area contributed by atoms with Crippen LogP contribution in [0.3, 0.4) is 0 Å². The van der Waals surface area contributed by atoms with Crippen LogP contribution in [0.25, 0.3) is 0 Å². The fraction of sp³-hybridized carbons (Fsp3) is 0.0909. The Kier molecular flexibility index (Phi) is 3.91. The van der Waals surface area contributed by atoms with Crippen LogP contribution in [0, 0.1) is 10.5 Å². The molecule has 1 amide bonds. The van der Waals surface area contributed by atoms with Gasteiger partial charge in [-0.05, 0) is 63.6 Å². The Hall–Kier alpha value is -1.09. The smallest absolute Gasteiger partial charge is 0.258 e. The van der Waals surface area contributed by atoms with Crippen LogP contribution in [0.5, 0.6) is 0 Å². The van der Waals surface area contributed by atoms with Crippen LogP contribution in [-0.2, 0) is 0 Å². The molecule has 0 bridgehead atoms. The zero-order valence-electron chi connectivity index (χ0n) is 9.42. The average molecular weight is 421 g/mol. The molecule has 0 saturated heterocycles. The van der Waals surface area contributed by atoms with Crippen LogP contribution in [0.15, 0.2) is 22.7 Å². The van der Waals surface area contributed by atoms with Crippen LogP contribution < -0.4 is 11.1 Å². The fourth-order valence-electron chi connectivity index (χ4n) is 1.38. The third-order valence-corrected chi connectivity index (χ3v) is 3.76. The van der Waals surface area contributed by atoms with Gasteiger partial charge in [0, 0.05) is 8.04 Å². The quantitative estimate of drug-likeness (QED) is 0.653. The fourth-order valence-corrected chi connectivity index (χ4v) is 2.30. The third-order valence-electron chi connectivity index (χ3n) is 2.40. The SMILES string of the molecule is Cc1[nH]nc(NC(=O)c2cc(I)ccc2Br)c1N. The van der Waals surface area contributed by atoms with E-state index in [4.69, 9.17) is 5.73 Å². The van der Waals surface area contributed by atoms with Crippen molar-refractivity contribution < 1.29 is 4.79 Å². The maximum Gasteiger partial charge on any atom is 0.258 e. The van der Waals surface area contributed by atoms with E-state index in [2.05, 4.69) is 54.0 Å². The van der Waals surface area contributed by atoms with E-state index in [-0.39, 0.29) is 5.91 Å². The average Bonchev–Trinajstić information content (AvgIpc) is 2.64. The van der Waals surface area contributed by atoms with Gasteiger partial charge in [-0.15, -0.1) is 0 Å². The number of aromatic nitrogens is 2. The molecule has 1 aromatic heterocycles. The summed E-state index contributed by atoms with van der Waals surface area (Å²) in [4.78, 5) is 12.1. The minimum Gasteiger partial charge on any atom is -0.394 e. The first-order valence-electron chi connectivity index (χ1n) is 5.06. The molecule has 94 valence electrons. The predicted octanol–water partition coefficient (Wildman–Crippen LogP) is 2.92. The largest absolute Gasteiger partial charge is 0.394 e. The van der Waals surface area contributed by atoms with Crippen molar-refractivity contribution in [2.24, 2.45) is 0 Å². The summed E-state index contributed by atoms with van der Waals surface area (Å²) in [5.74, 6) is 0.0989. The summed E-state index contributed by atoms with van der Waals surface area (Å²) < 4.78 is 1.71. The molecular formula is C11H10BrIN4O. The highest BCUT2D eigenvalue weighted by Gasteiger charge is 2.14. The lowest BCUT2D eigenvalue weighted by atomic mass is 10.2. The lowest BCUT2D eigenvalue weighted by Gasteiger charge is -2.05. The number of carbonyl (C=O) groups is 1. The first kappa shape index (κ1) is 13.3. The maximum atomic E-state index is 12.1. The van der Waals surface area contributed by atoms with Crippen molar-refractivity contribution in [2.45, 2.75) is 6.92 Å². The molecule has 0 atom stereocenters. The van der Waals surface area contributed by atoms with Crippen molar-refractivity contribution in [3.63, 3.8) is 0 Å². The number of amides is 1. The molecule has 7 heteroatoms. The summed E-state index contributed by atoms with van der Waals surface area (Å²) in [5, 5.41) is 9.33. The Morgan fingerprint density at radius 1 is 1.56 bits per heavy atom. The highest BCUT2D eigenvalue weighted by molar-refractivity contribution is 14.1. The molecule has 1 heterocycles. The van der Waals surface area contributed by atoms with Gasteiger partial charge in [-0.25, -0.2) is 0 Å². The molecule has 0 aliphatic rings. The van der Waals surface area contributed by atoms with Crippen molar-refractivity contribution in [3.05, 3.63) is 37.5 Å². The van der Waals surface area contributed by atoms with E-state index in [9.17, 15) is 4.79 Å². The topological polar surface area (TPSA) is 83.8 Å². The van der Waals surface area contributed by atoms with Crippen molar-refractivity contribution in [1.82, 2.24) is 10.2 Å². The molecular weight excluding hydrogens is 411 g/mol. The number of aryl methyl sites for hydroxylation is 1. The number of rotatable bonds is 2. The molecule has 0 fully saturated rings. The normalized spacial score (nSPS) is 10.4. The van der Waals surface area contributed by atoms with E-state index in [1.165, 1.54) is 0 Å². The van der Waals surface area contributed by atoms with Gasteiger partial charge >= 0.3 is 0 Å². The number of carbonyl (C=O) groups excluding carboxylic acids is 1. The molecule has 0 aliphatic carbocycles. The van der Waals surface area contributed by atoms with Crippen LogP contribution in [-0.4, -0.2) is 16.1 Å². The molecule has 0 spiro atoms. The van der Waals surface area contributed by atoms with E-state index in [1.807, 2.05) is 12.1 Å². The number of halogens is 2. The van der Waals surface area contributed by atoms with E-state index >= 15 is 0 Å². The van der Waals surface area contributed by atoms with Gasteiger partial charge in [-0.1, -0.05) is 0 Å². The monoisotopic (exact) mass is 420 g/mol. The first-order valence-corrected chi connectivity index (χ1v) is 6.93. The van der Waals surface area contributed by atoms with Gasteiger partial charge in [0.2, 0.25) is 0 Å². The number of nitrogens with one attached hydrogen (secondary N) is 2. The zero-order valence-corrected chi connectivity index (χ0v) is 13.2. The van der Waals surface area contributed by atoms with Gasteiger partial charge in [0.1, 0.15) is 0 Å². The summed E-state index contributed by atoms with van der Waals surface area (Å²) in [7, 11) is 0. The van der Waals surface area contributed by atoms with Gasteiger partial charge < -0.3 is 11.1 Å². The van der Waals surface area contributed by atoms with Crippen molar-refractivity contribution in [1.29, 1.82) is 0 Å². The van der Waals surface area contributed by atoms with Crippen molar-refractivity contribution >= 4 is 55.9 Å². The second-order valence-electron chi connectivity index (χ2n) is 3.69. The van der Waals surface area contributed by atoms with Crippen LogP contribution >= 0.6 is 38.5 Å².